The quantitative estimate of drug-likeness (QED) is 0.624. The second kappa shape index (κ2) is 9.44. The van der Waals surface area contributed by atoms with Gasteiger partial charge in [-0.05, 0) is 30.3 Å². The van der Waals surface area contributed by atoms with Crippen LogP contribution in [0.15, 0.2) is 84.0 Å². The second-order valence-electron chi connectivity index (χ2n) is 6.78. The van der Waals surface area contributed by atoms with Crippen LogP contribution in [0, 0.1) is 0 Å². The minimum atomic E-state index is -0.546. The van der Waals surface area contributed by atoms with Gasteiger partial charge in [0.2, 0.25) is 11.8 Å². The van der Waals surface area contributed by atoms with E-state index in [1.807, 2.05) is 60.7 Å². The first-order valence-corrected chi connectivity index (χ1v) is 10.5. The van der Waals surface area contributed by atoms with Crippen LogP contribution in [0.25, 0.3) is 0 Å². The fourth-order valence-electron chi connectivity index (χ4n) is 2.91. The Morgan fingerprint density at radius 1 is 1.06 bits per heavy atom. The molecule has 0 radical (unpaired) electrons. The van der Waals surface area contributed by atoms with Crippen molar-refractivity contribution in [3.8, 4) is 11.6 Å². The summed E-state index contributed by atoms with van der Waals surface area (Å²) in [6.45, 7) is 0. The maximum Gasteiger partial charge on any atom is 0.262 e. The summed E-state index contributed by atoms with van der Waals surface area (Å²) in [6.07, 6.45) is 1.68. The van der Waals surface area contributed by atoms with Gasteiger partial charge in [0.05, 0.1) is 11.9 Å². The smallest absolute Gasteiger partial charge is 0.262 e. The zero-order chi connectivity index (χ0) is 21.6. The Morgan fingerprint density at radius 2 is 1.77 bits per heavy atom. The van der Waals surface area contributed by atoms with Crippen molar-refractivity contribution >= 4 is 40.1 Å². The van der Waals surface area contributed by atoms with Gasteiger partial charge in [-0.3, -0.25) is 9.59 Å². The molecule has 8 heteroatoms. The fraction of sp³-hybridized carbons (Fsp3) is 0.130. The zero-order valence-corrected chi connectivity index (χ0v) is 17.6. The van der Waals surface area contributed by atoms with E-state index in [-0.39, 0.29) is 18.2 Å². The summed E-state index contributed by atoms with van der Waals surface area (Å²) in [5.74, 6) is 0.697. The van der Waals surface area contributed by atoms with Crippen LogP contribution in [0.4, 0.5) is 11.4 Å². The average molecular weight is 433 g/mol. The lowest BCUT2D eigenvalue weighted by atomic mass is 10.2. The molecule has 0 aliphatic carbocycles. The van der Waals surface area contributed by atoms with Gasteiger partial charge >= 0.3 is 0 Å². The molecular formula is C23H20N4O3S. The molecule has 0 saturated carbocycles. The molecule has 0 fully saturated rings. The molecule has 1 aliphatic rings. The first-order valence-electron chi connectivity index (χ1n) is 9.65. The number of pyridine rings is 1. The number of carbonyl (C=O) groups is 2. The minimum Gasteiger partial charge on any atom is -0.439 e. The van der Waals surface area contributed by atoms with Crippen molar-refractivity contribution in [1.29, 1.82) is 0 Å². The largest absolute Gasteiger partial charge is 0.439 e. The molecule has 0 saturated heterocycles. The highest BCUT2D eigenvalue weighted by molar-refractivity contribution is 8.15. The van der Waals surface area contributed by atoms with Gasteiger partial charge in [0, 0.05) is 25.2 Å². The van der Waals surface area contributed by atoms with Crippen LogP contribution < -0.4 is 15.0 Å². The molecule has 1 N–H and O–H groups in total. The Hall–Kier alpha value is -3.65. The molecule has 1 aromatic heterocycles. The van der Waals surface area contributed by atoms with Crippen molar-refractivity contribution in [2.75, 3.05) is 17.3 Å². The van der Waals surface area contributed by atoms with Gasteiger partial charge < -0.3 is 15.0 Å². The number of thioether (sulfide) groups is 1. The lowest BCUT2D eigenvalue weighted by Crippen LogP contribution is -2.30. The molecule has 7 nitrogen and oxygen atoms in total. The molecule has 0 bridgehead atoms. The summed E-state index contributed by atoms with van der Waals surface area (Å²) >= 11 is 1.24. The number of aliphatic imine (C=N–C) groups is 1. The van der Waals surface area contributed by atoms with Crippen molar-refractivity contribution in [3.63, 3.8) is 0 Å². The molecule has 2 heterocycles. The van der Waals surface area contributed by atoms with Crippen LogP contribution >= 0.6 is 11.8 Å². The predicted octanol–water partition coefficient (Wildman–Crippen LogP) is 4.34. The van der Waals surface area contributed by atoms with Crippen LogP contribution in [0.3, 0.4) is 0 Å². The summed E-state index contributed by atoms with van der Waals surface area (Å²) < 4.78 is 5.67. The maximum absolute atomic E-state index is 12.6. The van der Waals surface area contributed by atoms with Crippen LogP contribution in [-0.4, -0.2) is 34.3 Å². The molecule has 31 heavy (non-hydrogen) atoms. The number of para-hydroxylation sites is 2. The number of benzene rings is 2. The van der Waals surface area contributed by atoms with Crippen molar-refractivity contribution in [2.24, 2.45) is 4.99 Å². The Labute approximate surface area is 184 Å². The normalized spacial score (nSPS) is 15.3. The SMILES string of the molecule is CN(C(=O)CC1SC(Nc2ccc(Oc3ccccc3)nc2)=NC1=O)c1ccccc1. The van der Waals surface area contributed by atoms with Crippen LogP contribution in [0.5, 0.6) is 11.6 Å². The molecule has 4 rings (SSSR count). The van der Waals surface area contributed by atoms with Gasteiger partial charge in [0.25, 0.3) is 5.91 Å². The first-order chi connectivity index (χ1) is 15.1. The first kappa shape index (κ1) is 20.6. The molecule has 1 unspecified atom stereocenters. The number of hydrogen-bond donors (Lipinski definition) is 1. The van der Waals surface area contributed by atoms with Gasteiger partial charge in [-0.15, -0.1) is 0 Å². The fourth-order valence-corrected chi connectivity index (χ4v) is 3.88. The van der Waals surface area contributed by atoms with E-state index < -0.39 is 5.25 Å². The maximum atomic E-state index is 12.6. The number of rotatable bonds is 6. The number of nitrogens with one attached hydrogen (secondary N) is 1. The van der Waals surface area contributed by atoms with Crippen LogP contribution in [-0.2, 0) is 9.59 Å². The number of ether oxygens (including phenoxy) is 1. The second-order valence-corrected chi connectivity index (χ2v) is 7.97. The van der Waals surface area contributed by atoms with Gasteiger partial charge in [-0.1, -0.05) is 48.2 Å². The number of anilines is 2. The third-order valence-corrected chi connectivity index (χ3v) is 5.64. The van der Waals surface area contributed by atoms with Crippen molar-refractivity contribution < 1.29 is 14.3 Å². The molecule has 2 amide bonds. The number of carbonyl (C=O) groups excluding carboxylic acids is 2. The van der Waals surface area contributed by atoms with Crippen molar-refractivity contribution in [1.82, 2.24) is 4.98 Å². The van der Waals surface area contributed by atoms with Crippen LogP contribution in [0.2, 0.25) is 0 Å². The van der Waals surface area contributed by atoms with E-state index in [0.29, 0.717) is 22.5 Å². The third-order valence-electron chi connectivity index (χ3n) is 4.57. The van der Waals surface area contributed by atoms with Gasteiger partial charge in [0.1, 0.15) is 11.0 Å². The van der Waals surface area contributed by atoms with Crippen molar-refractivity contribution in [3.05, 3.63) is 79.0 Å². The van der Waals surface area contributed by atoms with E-state index >= 15 is 0 Å². The van der Waals surface area contributed by atoms with Crippen molar-refractivity contribution in [2.45, 2.75) is 11.7 Å². The predicted molar refractivity (Wildman–Crippen MR) is 123 cm³/mol. The van der Waals surface area contributed by atoms with E-state index in [1.165, 1.54) is 11.8 Å². The molecule has 3 aromatic rings. The Bertz CT molecular complexity index is 1090. The molecule has 2 aromatic carbocycles. The van der Waals surface area contributed by atoms with E-state index in [9.17, 15) is 9.59 Å². The Balaban J connectivity index is 1.32. The number of hydrogen-bond acceptors (Lipinski definition) is 6. The molecule has 1 aliphatic heterocycles. The summed E-state index contributed by atoms with van der Waals surface area (Å²) in [6, 6.07) is 22.2. The Kier molecular flexibility index (Phi) is 6.28. The molecular weight excluding hydrogens is 412 g/mol. The monoisotopic (exact) mass is 432 g/mol. The van der Waals surface area contributed by atoms with Crippen LogP contribution in [0.1, 0.15) is 6.42 Å². The number of aromatic nitrogens is 1. The summed E-state index contributed by atoms with van der Waals surface area (Å²) in [5.41, 5.74) is 1.46. The van der Waals surface area contributed by atoms with Gasteiger partial charge in [0.15, 0.2) is 5.17 Å². The summed E-state index contributed by atoms with van der Waals surface area (Å²) in [4.78, 5) is 34.7. The zero-order valence-electron chi connectivity index (χ0n) is 16.8. The van der Waals surface area contributed by atoms with E-state index in [2.05, 4.69) is 15.3 Å². The summed E-state index contributed by atoms with van der Waals surface area (Å²) in [5, 5.41) is 2.98. The molecule has 156 valence electrons. The topological polar surface area (TPSA) is 83.9 Å². The number of amidine groups is 1. The summed E-state index contributed by atoms with van der Waals surface area (Å²) in [7, 11) is 1.70. The number of nitrogens with zero attached hydrogens (tertiary/aromatic N) is 3. The highest BCUT2D eigenvalue weighted by Gasteiger charge is 2.31. The van der Waals surface area contributed by atoms with E-state index in [4.69, 9.17) is 4.74 Å². The van der Waals surface area contributed by atoms with E-state index in [1.54, 1.807) is 30.3 Å². The third kappa shape index (κ3) is 5.29. The van der Waals surface area contributed by atoms with Gasteiger partial charge in [-0.25, -0.2) is 4.98 Å². The molecule has 0 spiro atoms. The Morgan fingerprint density at radius 3 is 2.45 bits per heavy atom. The van der Waals surface area contributed by atoms with Gasteiger partial charge in [-0.2, -0.15) is 4.99 Å². The lowest BCUT2D eigenvalue weighted by molar-refractivity contribution is -0.122. The minimum absolute atomic E-state index is 0.0751. The standard InChI is InChI=1S/C23H20N4O3S/c1-27(17-8-4-2-5-9-17)21(28)14-19-22(29)26-23(31-19)25-16-12-13-20(24-15-16)30-18-10-6-3-7-11-18/h2-13,15,19H,14H2,1H3,(H,25,26,29). The average Bonchev–Trinajstić information content (AvgIpc) is 3.14. The highest BCUT2D eigenvalue weighted by atomic mass is 32.2. The lowest BCUT2D eigenvalue weighted by Gasteiger charge is -2.18. The van der Waals surface area contributed by atoms with E-state index in [0.717, 1.165) is 5.69 Å². The molecule has 1 atom stereocenters. The number of amides is 2. The highest BCUT2D eigenvalue weighted by Crippen LogP contribution is 2.28.